The van der Waals surface area contributed by atoms with Gasteiger partial charge in [-0.2, -0.15) is 0 Å². The van der Waals surface area contributed by atoms with Gasteiger partial charge in [0.05, 0.1) is 13.7 Å². The molecule has 0 amide bonds. The van der Waals surface area contributed by atoms with E-state index in [1.807, 2.05) is 18.2 Å². The van der Waals surface area contributed by atoms with Crippen LogP contribution in [0.2, 0.25) is 0 Å². The van der Waals surface area contributed by atoms with Crippen LogP contribution in [0.5, 0.6) is 11.5 Å². The van der Waals surface area contributed by atoms with Crippen LogP contribution < -0.4 is 14.8 Å². The van der Waals surface area contributed by atoms with Crippen LogP contribution in [-0.4, -0.2) is 38.0 Å². The molecular formula is C25H40NO3+. The minimum atomic E-state index is -0.446. The van der Waals surface area contributed by atoms with Crippen LogP contribution in [0.25, 0.3) is 0 Å². The summed E-state index contributed by atoms with van der Waals surface area (Å²) >= 11 is 0. The molecule has 4 saturated carbocycles. The lowest BCUT2D eigenvalue weighted by atomic mass is 9.49. The molecule has 162 valence electrons. The van der Waals surface area contributed by atoms with Gasteiger partial charge in [0.25, 0.3) is 0 Å². The van der Waals surface area contributed by atoms with Crippen molar-refractivity contribution in [2.45, 2.75) is 70.8 Å². The summed E-state index contributed by atoms with van der Waals surface area (Å²) in [4.78, 5) is 0. The van der Waals surface area contributed by atoms with Crippen LogP contribution in [0.4, 0.5) is 0 Å². The Morgan fingerprint density at radius 1 is 1.10 bits per heavy atom. The molecular weight excluding hydrogens is 362 g/mol. The van der Waals surface area contributed by atoms with Gasteiger partial charge in [0.2, 0.25) is 0 Å². The highest BCUT2D eigenvalue weighted by atomic mass is 16.5. The third-order valence-corrected chi connectivity index (χ3v) is 7.61. The van der Waals surface area contributed by atoms with E-state index >= 15 is 0 Å². The van der Waals surface area contributed by atoms with E-state index in [0.29, 0.717) is 12.0 Å². The van der Waals surface area contributed by atoms with Gasteiger partial charge in [0, 0.05) is 11.0 Å². The molecule has 4 bridgehead atoms. The van der Waals surface area contributed by atoms with Crippen LogP contribution in [0.15, 0.2) is 18.2 Å². The average Bonchev–Trinajstić information content (AvgIpc) is 2.64. The zero-order chi connectivity index (χ0) is 20.6. The Labute approximate surface area is 176 Å². The fourth-order valence-electron chi connectivity index (χ4n) is 6.72. The minimum absolute atomic E-state index is 0.0422. The third kappa shape index (κ3) is 4.74. The van der Waals surface area contributed by atoms with Crippen molar-refractivity contribution < 1.29 is 19.9 Å². The topological polar surface area (TPSA) is 55.3 Å². The maximum Gasteiger partial charge on any atom is 0.137 e. The van der Waals surface area contributed by atoms with Crippen LogP contribution in [0.3, 0.4) is 0 Å². The van der Waals surface area contributed by atoms with Gasteiger partial charge >= 0.3 is 0 Å². The number of quaternary nitrogens is 1. The summed E-state index contributed by atoms with van der Waals surface area (Å²) in [6.07, 6.45) is 8.34. The molecule has 0 aliphatic heterocycles. The summed E-state index contributed by atoms with van der Waals surface area (Å²) in [6, 6.07) is 5.93. The number of ether oxygens (including phenoxy) is 2. The fourth-order valence-corrected chi connectivity index (χ4v) is 6.72. The predicted octanol–water partition coefficient (Wildman–Crippen LogP) is 3.51. The highest BCUT2D eigenvalue weighted by molar-refractivity contribution is 5.44. The molecule has 0 radical (unpaired) electrons. The second kappa shape index (κ2) is 8.11. The summed E-state index contributed by atoms with van der Waals surface area (Å²) in [5.41, 5.74) is 1.63. The number of nitrogens with two attached hydrogens (primary N) is 1. The zero-order valence-electron chi connectivity index (χ0n) is 18.7. The van der Waals surface area contributed by atoms with E-state index in [2.05, 4.69) is 26.1 Å². The van der Waals surface area contributed by atoms with Crippen molar-refractivity contribution in [3.8, 4) is 11.5 Å². The molecule has 0 unspecified atom stereocenters. The summed E-state index contributed by atoms with van der Waals surface area (Å²) in [5, 5.41) is 12.9. The van der Waals surface area contributed by atoms with E-state index in [4.69, 9.17) is 9.47 Å². The van der Waals surface area contributed by atoms with Crippen molar-refractivity contribution >= 4 is 0 Å². The first-order chi connectivity index (χ1) is 13.8. The number of aliphatic hydroxyl groups is 1. The first-order valence-electron chi connectivity index (χ1n) is 11.6. The molecule has 0 spiro atoms. The number of hydrogen-bond donors (Lipinski definition) is 2. The van der Waals surface area contributed by atoms with Crippen LogP contribution in [0.1, 0.15) is 64.9 Å². The quantitative estimate of drug-likeness (QED) is 0.700. The Hall–Kier alpha value is -1.26. The average molecular weight is 403 g/mol. The van der Waals surface area contributed by atoms with E-state index < -0.39 is 6.10 Å². The number of benzene rings is 1. The van der Waals surface area contributed by atoms with Crippen LogP contribution >= 0.6 is 0 Å². The molecule has 1 atom stereocenters. The molecule has 0 heterocycles. The van der Waals surface area contributed by atoms with Gasteiger partial charge in [0.1, 0.15) is 30.8 Å². The minimum Gasteiger partial charge on any atom is -0.497 e. The third-order valence-electron chi connectivity index (χ3n) is 7.61. The molecule has 4 fully saturated rings. The highest BCUT2D eigenvalue weighted by Gasteiger charge is 2.51. The Bertz CT molecular complexity index is 673. The van der Waals surface area contributed by atoms with Crippen LogP contribution in [0, 0.1) is 23.2 Å². The Balaban J connectivity index is 1.27. The second-order valence-corrected chi connectivity index (χ2v) is 11.2. The fraction of sp³-hybridized carbons (Fsp3) is 0.760. The van der Waals surface area contributed by atoms with E-state index in [-0.39, 0.29) is 5.41 Å². The van der Waals surface area contributed by atoms with Crippen molar-refractivity contribution in [1.82, 2.24) is 0 Å². The van der Waals surface area contributed by atoms with Crippen molar-refractivity contribution in [2.75, 3.05) is 26.8 Å². The summed E-state index contributed by atoms with van der Waals surface area (Å²) in [7, 11) is 1.69. The van der Waals surface area contributed by atoms with E-state index in [9.17, 15) is 5.11 Å². The standard InChI is InChI=1S/C25H39NO3/c1-24(2,3)22-10-21(28-4)5-6-23(22)29-15-20(27)14-26-16-25-11-17-7-18(12-25)9-19(8-17)13-25/h5-6,10,17-20,26-27H,7-9,11-16H2,1-4H3/p+1/t17?,18?,19?,20-,25?/m0/s1. The van der Waals surface area contributed by atoms with Crippen molar-refractivity contribution in [1.29, 1.82) is 0 Å². The molecule has 4 aliphatic carbocycles. The lowest BCUT2D eigenvalue weighted by Gasteiger charge is -2.56. The smallest absolute Gasteiger partial charge is 0.137 e. The van der Waals surface area contributed by atoms with E-state index in [1.54, 1.807) is 7.11 Å². The normalized spacial score (nSPS) is 31.7. The highest BCUT2D eigenvalue weighted by Crippen LogP contribution is 2.59. The summed E-state index contributed by atoms with van der Waals surface area (Å²) in [6.45, 7) is 8.76. The first-order valence-corrected chi connectivity index (χ1v) is 11.6. The molecule has 1 aromatic rings. The summed E-state index contributed by atoms with van der Waals surface area (Å²) < 4.78 is 11.4. The van der Waals surface area contributed by atoms with Gasteiger partial charge in [-0.1, -0.05) is 20.8 Å². The van der Waals surface area contributed by atoms with Crippen molar-refractivity contribution in [3.05, 3.63) is 23.8 Å². The van der Waals surface area contributed by atoms with Gasteiger partial charge in [0.15, 0.2) is 0 Å². The number of hydrogen-bond acceptors (Lipinski definition) is 3. The van der Waals surface area contributed by atoms with Gasteiger partial charge in [-0.15, -0.1) is 0 Å². The molecule has 29 heavy (non-hydrogen) atoms. The maximum absolute atomic E-state index is 10.5. The molecule has 4 aliphatic rings. The predicted molar refractivity (Wildman–Crippen MR) is 115 cm³/mol. The summed E-state index contributed by atoms with van der Waals surface area (Å²) in [5.74, 6) is 4.67. The zero-order valence-corrected chi connectivity index (χ0v) is 18.7. The Kier molecular flexibility index (Phi) is 5.87. The molecule has 5 rings (SSSR count). The molecule has 3 N–H and O–H groups in total. The molecule has 4 heteroatoms. The molecule has 0 saturated heterocycles. The van der Waals surface area contributed by atoms with E-state index in [0.717, 1.165) is 41.4 Å². The molecule has 1 aromatic carbocycles. The second-order valence-electron chi connectivity index (χ2n) is 11.2. The number of methoxy groups -OCH3 is 1. The first kappa shape index (κ1) is 21.0. The van der Waals surface area contributed by atoms with Crippen molar-refractivity contribution in [3.63, 3.8) is 0 Å². The molecule has 0 aromatic heterocycles. The largest absolute Gasteiger partial charge is 0.497 e. The number of aliphatic hydroxyl groups excluding tert-OH is 1. The Morgan fingerprint density at radius 3 is 2.28 bits per heavy atom. The van der Waals surface area contributed by atoms with Gasteiger partial charge < -0.3 is 19.9 Å². The van der Waals surface area contributed by atoms with Crippen molar-refractivity contribution in [2.24, 2.45) is 23.2 Å². The molecule has 4 nitrogen and oxygen atoms in total. The lowest BCUT2D eigenvalue weighted by molar-refractivity contribution is -0.674. The SMILES string of the molecule is COc1ccc(OC[C@@H](O)C[NH2+]CC23CC4CC(CC(C4)C2)C3)c(C(C)(C)C)c1. The number of rotatable bonds is 8. The van der Waals surface area contributed by atoms with Gasteiger partial charge in [-0.05, 0) is 79.9 Å². The van der Waals surface area contributed by atoms with Crippen LogP contribution in [-0.2, 0) is 5.41 Å². The Morgan fingerprint density at radius 2 is 1.72 bits per heavy atom. The maximum atomic E-state index is 10.5. The monoisotopic (exact) mass is 402 g/mol. The lowest BCUT2D eigenvalue weighted by Crippen LogP contribution is -2.89. The van der Waals surface area contributed by atoms with Gasteiger partial charge in [-0.25, -0.2) is 0 Å². The van der Waals surface area contributed by atoms with Gasteiger partial charge in [-0.3, -0.25) is 0 Å². The van der Waals surface area contributed by atoms with E-state index in [1.165, 1.54) is 45.1 Å².